The first kappa shape index (κ1) is 13.6. The molecule has 0 saturated heterocycles. The minimum atomic E-state index is -0.709. The highest BCUT2D eigenvalue weighted by molar-refractivity contribution is 5.56. The lowest BCUT2D eigenvalue weighted by Crippen LogP contribution is -2.13. The molecule has 0 saturated carbocycles. The molecule has 6 heteroatoms. The van der Waals surface area contributed by atoms with Crippen molar-refractivity contribution < 1.29 is 13.2 Å². The number of nitrogens with one attached hydrogen (secondary N) is 1. The van der Waals surface area contributed by atoms with E-state index in [1.807, 2.05) is 6.92 Å². The summed E-state index contributed by atoms with van der Waals surface area (Å²) in [6.07, 6.45) is 0.974. The summed E-state index contributed by atoms with van der Waals surface area (Å²) in [5, 5.41) is 10.5. The molecule has 0 fully saturated rings. The van der Waals surface area contributed by atoms with Gasteiger partial charge in [-0.15, -0.1) is 10.2 Å². The molecule has 0 atom stereocenters. The van der Waals surface area contributed by atoms with Gasteiger partial charge in [0.25, 0.3) is 5.89 Å². The average Bonchev–Trinajstić information content (AvgIpc) is 2.83. The van der Waals surface area contributed by atoms with Crippen molar-refractivity contribution in [3.8, 4) is 11.5 Å². The molecular weight excluding hydrogens is 252 g/mol. The fraction of sp³-hybridized carbons (Fsp3) is 0.385. The van der Waals surface area contributed by atoms with E-state index in [2.05, 4.69) is 15.5 Å². The zero-order valence-corrected chi connectivity index (χ0v) is 10.8. The van der Waals surface area contributed by atoms with Crippen LogP contribution in [0.4, 0.5) is 8.78 Å². The van der Waals surface area contributed by atoms with Crippen LogP contribution in [0.1, 0.15) is 24.8 Å². The van der Waals surface area contributed by atoms with Crippen molar-refractivity contribution in [1.82, 2.24) is 15.5 Å². The van der Waals surface area contributed by atoms with Gasteiger partial charge < -0.3 is 9.73 Å². The smallest absolute Gasteiger partial charge is 0.253 e. The second-order valence-corrected chi connectivity index (χ2v) is 4.23. The van der Waals surface area contributed by atoms with Crippen LogP contribution in [0.2, 0.25) is 0 Å². The molecule has 2 rings (SSSR count). The van der Waals surface area contributed by atoms with E-state index in [9.17, 15) is 8.78 Å². The highest BCUT2D eigenvalue weighted by Gasteiger charge is 2.19. The van der Waals surface area contributed by atoms with Crippen LogP contribution in [0.3, 0.4) is 0 Å². The number of aromatic nitrogens is 2. The van der Waals surface area contributed by atoms with Crippen LogP contribution in [-0.4, -0.2) is 16.7 Å². The molecule has 0 aliphatic rings. The Morgan fingerprint density at radius 2 is 2.05 bits per heavy atom. The number of hydrogen-bond acceptors (Lipinski definition) is 4. The summed E-state index contributed by atoms with van der Waals surface area (Å²) >= 11 is 0. The lowest BCUT2D eigenvalue weighted by Gasteiger charge is -2.02. The Labute approximate surface area is 109 Å². The van der Waals surface area contributed by atoms with Crippen molar-refractivity contribution >= 4 is 0 Å². The van der Waals surface area contributed by atoms with Crippen molar-refractivity contribution in [2.24, 2.45) is 0 Å². The average molecular weight is 267 g/mol. The zero-order chi connectivity index (χ0) is 13.8. The topological polar surface area (TPSA) is 51.0 Å². The molecule has 1 aromatic carbocycles. The monoisotopic (exact) mass is 267 g/mol. The summed E-state index contributed by atoms with van der Waals surface area (Å²) < 4.78 is 32.8. The van der Waals surface area contributed by atoms with Gasteiger partial charge >= 0.3 is 0 Å². The maximum atomic E-state index is 13.9. The van der Waals surface area contributed by atoms with E-state index in [1.54, 1.807) is 6.92 Å². The van der Waals surface area contributed by atoms with Crippen molar-refractivity contribution in [3.05, 3.63) is 35.2 Å². The lowest BCUT2D eigenvalue weighted by molar-refractivity contribution is 0.470. The van der Waals surface area contributed by atoms with Gasteiger partial charge in [0, 0.05) is 0 Å². The van der Waals surface area contributed by atoms with E-state index < -0.39 is 11.6 Å². The Hall–Kier alpha value is -1.82. The molecular formula is C13H15F2N3O. The van der Waals surface area contributed by atoms with Crippen molar-refractivity contribution in [3.63, 3.8) is 0 Å². The molecule has 1 aromatic heterocycles. The van der Waals surface area contributed by atoms with E-state index in [0.717, 1.165) is 13.0 Å². The third kappa shape index (κ3) is 2.96. The second-order valence-electron chi connectivity index (χ2n) is 4.23. The minimum absolute atomic E-state index is 0.132. The van der Waals surface area contributed by atoms with E-state index in [4.69, 9.17) is 4.42 Å². The number of nitrogens with zero attached hydrogens (tertiary/aromatic N) is 2. The lowest BCUT2D eigenvalue weighted by atomic mass is 10.1. The van der Waals surface area contributed by atoms with Crippen LogP contribution in [0.15, 0.2) is 16.5 Å². The number of rotatable bonds is 5. The van der Waals surface area contributed by atoms with Crippen LogP contribution in [0, 0.1) is 18.6 Å². The van der Waals surface area contributed by atoms with Gasteiger partial charge in [0.1, 0.15) is 17.2 Å². The fourth-order valence-electron chi connectivity index (χ4n) is 1.65. The Kier molecular flexibility index (Phi) is 4.21. The highest BCUT2D eigenvalue weighted by Crippen LogP contribution is 2.26. The quantitative estimate of drug-likeness (QED) is 0.846. The van der Waals surface area contributed by atoms with Gasteiger partial charge in [-0.05, 0) is 31.5 Å². The Balaban J connectivity index is 2.25. The molecule has 19 heavy (non-hydrogen) atoms. The summed E-state index contributed by atoms with van der Waals surface area (Å²) in [6.45, 7) is 4.78. The summed E-state index contributed by atoms with van der Waals surface area (Å²) in [4.78, 5) is 0. The van der Waals surface area contributed by atoms with Crippen LogP contribution >= 0.6 is 0 Å². The fourth-order valence-corrected chi connectivity index (χ4v) is 1.65. The van der Waals surface area contributed by atoms with Crippen molar-refractivity contribution in [1.29, 1.82) is 0 Å². The summed E-state index contributed by atoms with van der Waals surface area (Å²) in [5.41, 5.74) is 0.0644. The highest BCUT2D eigenvalue weighted by atomic mass is 19.1. The van der Waals surface area contributed by atoms with Gasteiger partial charge in [0.2, 0.25) is 5.89 Å². The maximum Gasteiger partial charge on any atom is 0.253 e. The zero-order valence-electron chi connectivity index (χ0n) is 10.8. The van der Waals surface area contributed by atoms with Gasteiger partial charge in [-0.25, -0.2) is 8.78 Å². The molecule has 0 spiro atoms. The molecule has 1 heterocycles. The van der Waals surface area contributed by atoms with Crippen LogP contribution in [0.5, 0.6) is 0 Å². The SMILES string of the molecule is CCCNCc1nnc(-c2c(F)ccc(C)c2F)o1. The molecule has 1 N–H and O–H groups in total. The third-order valence-electron chi connectivity index (χ3n) is 2.67. The Morgan fingerprint density at radius 1 is 1.26 bits per heavy atom. The first-order valence-electron chi connectivity index (χ1n) is 6.11. The molecule has 0 aliphatic heterocycles. The van der Waals surface area contributed by atoms with Crippen LogP contribution in [0.25, 0.3) is 11.5 Å². The standard InChI is InChI=1S/C13H15F2N3O/c1-3-6-16-7-10-17-18-13(19-10)11-9(14)5-4-8(2)12(11)15/h4-5,16H,3,6-7H2,1-2H3. The third-order valence-corrected chi connectivity index (χ3v) is 2.67. The number of hydrogen-bond donors (Lipinski definition) is 1. The molecule has 0 amide bonds. The predicted molar refractivity (Wildman–Crippen MR) is 66.4 cm³/mol. The van der Waals surface area contributed by atoms with Gasteiger partial charge in [-0.1, -0.05) is 13.0 Å². The summed E-state index contributed by atoms with van der Waals surface area (Å²) in [5.74, 6) is -1.20. The molecule has 0 unspecified atom stereocenters. The van der Waals surface area contributed by atoms with Crippen LogP contribution in [-0.2, 0) is 6.54 Å². The second kappa shape index (κ2) is 5.88. The Morgan fingerprint density at radius 3 is 2.79 bits per heavy atom. The normalized spacial score (nSPS) is 10.9. The van der Waals surface area contributed by atoms with Gasteiger partial charge in [-0.2, -0.15) is 0 Å². The molecule has 0 radical (unpaired) electrons. The van der Waals surface area contributed by atoms with E-state index in [0.29, 0.717) is 18.0 Å². The number of aryl methyl sites for hydroxylation is 1. The molecule has 0 aliphatic carbocycles. The molecule has 4 nitrogen and oxygen atoms in total. The number of benzene rings is 1. The largest absolute Gasteiger partial charge is 0.419 e. The summed E-state index contributed by atoms with van der Waals surface area (Å²) in [7, 11) is 0. The molecule has 2 aromatic rings. The molecule has 102 valence electrons. The van der Waals surface area contributed by atoms with E-state index in [-0.39, 0.29) is 11.5 Å². The van der Waals surface area contributed by atoms with Gasteiger partial charge in [0.15, 0.2) is 0 Å². The van der Waals surface area contributed by atoms with Gasteiger partial charge in [-0.3, -0.25) is 0 Å². The van der Waals surface area contributed by atoms with E-state index >= 15 is 0 Å². The van der Waals surface area contributed by atoms with Gasteiger partial charge in [0.05, 0.1) is 6.54 Å². The van der Waals surface area contributed by atoms with Crippen molar-refractivity contribution in [2.75, 3.05) is 6.54 Å². The van der Waals surface area contributed by atoms with Crippen molar-refractivity contribution in [2.45, 2.75) is 26.8 Å². The van der Waals surface area contributed by atoms with E-state index in [1.165, 1.54) is 12.1 Å². The minimum Gasteiger partial charge on any atom is -0.419 e. The first-order chi connectivity index (χ1) is 9.13. The maximum absolute atomic E-state index is 13.9. The first-order valence-corrected chi connectivity index (χ1v) is 6.11. The molecule has 0 bridgehead atoms. The number of halogens is 2. The Bertz CT molecular complexity index is 569. The van der Waals surface area contributed by atoms with Crippen LogP contribution < -0.4 is 5.32 Å². The predicted octanol–water partition coefficient (Wildman–Crippen LogP) is 2.82. The summed E-state index contributed by atoms with van der Waals surface area (Å²) in [6, 6.07) is 2.56.